The molecule has 0 aliphatic carbocycles. The maximum atomic E-state index is 12.4. The second kappa shape index (κ2) is 11.8. The van der Waals surface area contributed by atoms with Crippen molar-refractivity contribution in [3.05, 3.63) is 100 Å². The van der Waals surface area contributed by atoms with Gasteiger partial charge in [0.05, 0.1) is 30.6 Å². The summed E-state index contributed by atoms with van der Waals surface area (Å²) >= 11 is 9.48. The van der Waals surface area contributed by atoms with Crippen molar-refractivity contribution in [1.82, 2.24) is 14.9 Å². The topological polar surface area (TPSA) is 80.7 Å². The third-order valence-electron chi connectivity index (χ3n) is 6.98. The zero-order chi connectivity index (χ0) is 28.4. The SMILES string of the molecule is COCC(=O)Nc1cc(N2C(=S)NC(c3ccccn3)C2c2cc(C)n(-c3ccc(Br)cc3)c2C)ccc1OC. The molecule has 2 unspecified atom stereocenters. The summed E-state index contributed by atoms with van der Waals surface area (Å²) in [5, 5.41) is 6.97. The number of benzene rings is 2. The van der Waals surface area contributed by atoms with E-state index >= 15 is 0 Å². The van der Waals surface area contributed by atoms with Gasteiger partial charge in [-0.25, -0.2) is 0 Å². The van der Waals surface area contributed by atoms with Crippen molar-refractivity contribution in [2.45, 2.75) is 25.9 Å². The fourth-order valence-electron chi connectivity index (χ4n) is 5.28. The Morgan fingerprint density at radius 1 is 1.07 bits per heavy atom. The first-order valence-corrected chi connectivity index (χ1v) is 13.9. The van der Waals surface area contributed by atoms with Crippen molar-refractivity contribution in [2.24, 2.45) is 0 Å². The molecular formula is C30H30BrN5O3S. The van der Waals surface area contributed by atoms with Gasteiger partial charge in [-0.1, -0.05) is 22.0 Å². The van der Waals surface area contributed by atoms with Crippen LogP contribution in [0.4, 0.5) is 11.4 Å². The molecule has 0 bridgehead atoms. The van der Waals surface area contributed by atoms with Gasteiger partial charge in [-0.2, -0.15) is 0 Å². The zero-order valence-corrected chi connectivity index (χ0v) is 25.0. The lowest BCUT2D eigenvalue weighted by atomic mass is 9.96. The lowest BCUT2D eigenvalue weighted by Gasteiger charge is -2.29. The van der Waals surface area contributed by atoms with Crippen LogP contribution in [0.15, 0.2) is 77.4 Å². The maximum Gasteiger partial charge on any atom is 0.250 e. The highest BCUT2D eigenvalue weighted by molar-refractivity contribution is 9.10. The number of aromatic nitrogens is 2. The molecule has 0 spiro atoms. The number of hydrogen-bond donors (Lipinski definition) is 2. The van der Waals surface area contributed by atoms with E-state index < -0.39 is 0 Å². The average Bonchev–Trinajstić information content (AvgIpc) is 3.44. The lowest BCUT2D eigenvalue weighted by molar-refractivity contribution is -0.119. The quantitative estimate of drug-likeness (QED) is 0.233. The van der Waals surface area contributed by atoms with Crippen LogP contribution in [0.3, 0.4) is 0 Å². The molecule has 2 aromatic carbocycles. The molecular weight excluding hydrogens is 590 g/mol. The lowest BCUT2D eigenvalue weighted by Crippen LogP contribution is -2.29. The Balaban J connectivity index is 1.64. The molecule has 1 aliphatic heterocycles. The fourth-order valence-corrected chi connectivity index (χ4v) is 5.89. The second-order valence-corrected chi connectivity index (χ2v) is 10.8. The second-order valence-electron chi connectivity index (χ2n) is 9.50. The Morgan fingerprint density at radius 3 is 2.50 bits per heavy atom. The number of rotatable bonds is 8. The Labute approximate surface area is 247 Å². The summed E-state index contributed by atoms with van der Waals surface area (Å²) in [6.45, 7) is 4.17. The zero-order valence-electron chi connectivity index (χ0n) is 22.6. The van der Waals surface area contributed by atoms with Gasteiger partial charge in [0, 0.05) is 40.5 Å². The van der Waals surface area contributed by atoms with E-state index in [-0.39, 0.29) is 24.6 Å². The van der Waals surface area contributed by atoms with Gasteiger partial charge in [0.15, 0.2) is 5.11 Å². The molecule has 0 saturated carbocycles. The summed E-state index contributed by atoms with van der Waals surface area (Å²) in [6.07, 6.45) is 1.79. The van der Waals surface area contributed by atoms with Crippen molar-refractivity contribution in [3.8, 4) is 11.4 Å². The highest BCUT2D eigenvalue weighted by atomic mass is 79.9. The smallest absolute Gasteiger partial charge is 0.250 e. The van der Waals surface area contributed by atoms with Gasteiger partial charge >= 0.3 is 0 Å². The van der Waals surface area contributed by atoms with E-state index in [1.54, 1.807) is 13.3 Å². The first kappa shape index (κ1) is 27.8. The van der Waals surface area contributed by atoms with Gasteiger partial charge in [0.2, 0.25) is 5.91 Å². The standard InChI is InChI=1S/C30H30BrN5O3S/c1-18-15-23(19(2)35(18)21-10-8-20(31)9-11-21)29-28(24-7-5-6-14-32-24)34-30(40)36(29)22-12-13-26(39-4)25(16-22)33-27(37)17-38-3/h5-16,28-29H,17H2,1-4H3,(H,33,37)(H,34,40). The molecule has 1 amide bonds. The molecule has 1 saturated heterocycles. The van der Waals surface area contributed by atoms with Crippen LogP contribution < -0.4 is 20.3 Å². The van der Waals surface area contributed by atoms with Gasteiger partial charge in [-0.3, -0.25) is 9.78 Å². The fraction of sp³-hybridized carbons (Fsp3) is 0.233. The predicted molar refractivity (Wildman–Crippen MR) is 164 cm³/mol. The van der Waals surface area contributed by atoms with Gasteiger partial charge in [0.1, 0.15) is 12.4 Å². The molecule has 10 heteroatoms. The van der Waals surface area contributed by atoms with Gasteiger partial charge in [-0.15, -0.1) is 0 Å². The predicted octanol–water partition coefficient (Wildman–Crippen LogP) is 6.02. The molecule has 2 atom stereocenters. The van der Waals surface area contributed by atoms with Crippen LogP contribution >= 0.6 is 28.1 Å². The number of methoxy groups -OCH3 is 2. The number of halogens is 1. The summed E-state index contributed by atoms with van der Waals surface area (Å²) in [6, 6.07) is 21.6. The van der Waals surface area contributed by atoms with E-state index in [0.717, 1.165) is 38.5 Å². The highest BCUT2D eigenvalue weighted by Gasteiger charge is 2.42. The van der Waals surface area contributed by atoms with Crippen LogP contribution in [0, 0.1) is 13.8 Å². The molecule has 1 aliphatic rings. The number of anilines is 2. The van der Waals surface area contributed by atoms with E-state index in [2.05, 4.69) is 73.1 Å². The number of pyridine rings is 1. The monoisotopic (exact) mass is 619 g/mol. The number of carbonyl (C=O) groups is 1. The molecule has 2 aromatic heterocycles. The van der Waals surface area contributed by atoms with Gasteiger partial charge < -0.3 is 29.6 Å². The molecule has 3 heterocycles. The summed E-state index contributed by atoms with van der Waals surface area (Å²) in [5.41, 5.74) is 6.62. The van der Waals surface area contributed by atoms with E-state index in [4.69, 9.17) is 21.7 Å². The van der Waals surface area contributed by atoms with Gasteiger partial charge in [0.25, 0.3) is 0 Å². The third-order valence-corrected chi connectivity index (χ3v) is 7.83. The number of thiocarbonyl (C=S) groups is 1. The van der Waals surface area contributed by atoms with Crippen molar-refractivity contribution in [3.63, 3.8) is 0 Å². The molecule has 5 rings (SSSR count). The van der Waals surface area contributed by atoms with Crippen LogP contribution in [0.2, 0.25) is 0 Å². The Kier molecular flexibility index (Phi) is 8.20. The molecule has 2 N–H and O–H groups in total. The van der Waals surface area contributed by atoms with Crippen LogP contribution in [-0.2, 0) is 9.53 Å². The third kappa shape index (κ3) is 5.34. The number of nitrogens with one attached hydrogen (secondary N) is 2. The molecule has 4 aromatic rings. The molecule has 40 heavy (non-hydrogen) atoms. The largest absolute Gasteiger partial charge is 0.495 e. The minimum absolute atomic E-state index is 0.0660. The minimum Gasteiger partial charge on any atom is -0.495 e. The molecule has 8 nitrogen and oxygen atoms in total. The summed E-state index contributed by atoms with van der Waals surface area (Å²) in [4.78, 5) is 19.2. The first-order chi connectivity index (χ1) is 19.3. The summed E-state index contributed by atoms with van der Waals surface area (Å²) in [5.74, 6) is 0.263. The number of amides is 1. The number of carbonyl (C=O) groups excluding carboxylic acids is 1. The van der Waals surface area contributed by atoms with Crippen molar-refractivity contribution in [2.75, 3.05) is 31.0 Å². The minimum atomic E-state index is -0.277. The number of hydrogen-bond acceptors (Lipinski definition) is 5. The summed E-state index contributed by atoms with van der Waals surface area (Å²) < 4.78 is 13.8. The van der Waals surface area contributed by atoms with Crippen LogP contribution in [0.5, 0.6) is 5.75 Å². The van der Waals surface area contributed by atoms with E-state index in [9.17, 15) is 4.79 Å². The number of nitrogens with zero attached hydrogens (tertiary/aromatic N) is 3. The Bertz CT molecular complexity index is 1540. The van der Waals surface area contributed by atoms with Crippen LogP contribution in [0.1, 0.15) is 34.7 Å². The first-order valence-electron chi connectivity index (χ1n) is 12.7. The average molecular weight is 621 g/mol. The Hall–Kier alpha value is -3.73. The Morgan fingerprint density at radius 2 is 1.82 bits per heavy atom. The highest BCUT2D eigenvalue weighted by Crippen LogP contribution is 2.45. The van der Waals surface area contributed by atoms with Crippen LogP contribution in [0.25, 0.3) is 5.69 Å². The molecule has 206 valence electrons. The number of aryl methyl sites for hydroxylation is 1. The van der Waals surface area contributed by atoms with E-state index in [0.29, 0.717) is 16.5 Å². The van der Waals surface area contributed by atoms with Crippen LogP contribution in [-0.4, -0.2) is 41.4 Å². The normalized spacial score (nSPS) is 16.6. The molecule has 1 fully saturated rings. The van der Waals surface area contributed by atoms with Crippen molar-refractivity contribution in [1.29, 1.82) is 0 Å². The number of ether oxygens (including phenoxy) is 2. The summed E-state index contributed by atoms with van der Waals surface area (Å²) in [7, 11) is 3.05. The molecule has 0 radical (unpaired) electrons. The van der Waals surface area contributed by atoms with E-state index in [1.807, 2.05) is 48.5 Å². The van der Waals surface area contributed by atoms with Gasteiger partial charge in [-0.05, 0) is 92.3 Å². The van der Waals surface area contributed by atoms with E-state index in [1.165, 1.54) is 7.11 Å². The van der Waals surface area contributed by atoms with Crippen molar-refractivity contribution >= 4 is 50.5 Å². The maximum absolute atomic E-state index is 12.4. The van der Waals surface area contributed by atoms with Crippen molar-refractivity contribution < 1.29 is 14.3 Å².